The van der Waals surface area contributed by atoms with E-state index >= 15 is 0 Å². The maximum absolute atomic E-state index is 8.96. The quantitative estimate of drug-likeness (QED) is 0.344. The third-order valence-electron chi connectivity index (χ3n) is 2.90. The van der Waals surface area contributed by atoms with Gasteiger partial charge in [-0.25, -0.2) is 0 Å². The Hall–Kier alpha value is -0.0631. The molecule has 1 heterocycles. The molecule has 1 aliphatic heterocycles. The summed E-state index contributed by atoms with van der Waals surface area (Å²) in [5.41, 5.74) is 0. The minimum atomic E-state index is -2.89. The van der Waals surface area contributed by atoms with Crippen LogP contribution in [0.4, 0.5) is 0 Å². The Balaban J connectivity index is 2.44. The van der Waals surface area contributed by atoms with Crippen LogP contribution in [0.2, 0.25) is 6.04 Å². The summed E-state index contributed by atoms with van der Waals surface area (Å²) >= 11 is 0. The maximum atomic E-state index is 8.96. The predicted octanol–water partition coefficient (Wildman–Crippen LogP) is 0.0311. The minimum absolute atomic E-state index is 0.0891. The van der Waals surface area contributed by atoms with Crippen LogP contribution in [0.5, 0.6) is 0 Å². The van der Waals surface area contributed by atoms with Gasteiger partial charge in [-0.05, 0) is 12.8 Å². The Morgan fingerprint density at radius 3 is 2.29 bits per heavy atom. The average Bonchev–Trinajstić information content (AvgIpc) is 3.27. The molecule has 1 aliphatic rings. The highest BCUT2D eigenvalue weighted by Crippen LogP contribution is 2.22. The van der Waals surface area contributed by atoms with Crippen LogP contribution in [0.3, 0.4) is 0 Å². The van der Waals surface area contributed by atoms with Crippen LogP contribution in [-0.2, 0) is 22.8 Å². The first-order valence-corrected chi connectivity index (χ1v) is 9.42. The molecule has 0 aromatic carbocycles. The topological polar surface area (TPSA) is 89.9 Å². The van der Waals surface area contributed by atoms with Gasteiger partial charge in [-0.3, -0.25) is 0 Å². The van der Waals surface area contributed by atoms with Crippen molar-refractivity contribution >= 4 is 8.80 Å². The lowest BCUT2D eigenvalue weighted by Crippen LogP contribution is -2.48. The standard InChI is InChI=1S/C13H28O7Si/c1-3-18-21(19-6-4-14,20-7-5-15)11-12(2)8-16-9-13-10-17-13/h12-15H,3-11H2,1-2H3. The van der Waals surface area contributed by atoms with Gasteiger partial charge in [-0.1, -0.05) is 6.92 Å². The van der Waals surface area contributed by atoms with Gasteiger partial charge in [0.2, 0.25) is 0 Å². The van der Waals surface area contributed by atoms with Crippen molar-refractivity contribution in [1.82, 2.24) is 0 Å². The molecule has 1 saturated heterocycles. The monoisotopic (exact) mass is 324 g/mol. The zero-order valence-corrected chi connectivity index (χ0v) is 14.0. The highest BCUT2D eigenvalue weighted by Gasteiger charge is 2.42. The second-order valence-corrected chi connectivity index (χ2v) is 7.70. The maximum Gasteiger partial charge on any atom is 0.501 e. The smallest absolute Gasteiger partial charge is 0.394 e. The number of aliphatic hydroxyl groups excluding tert-OH is 2. The van der Waals surface area contributed by atoms with Crippen molar-refractivity contribution in [3.8, 4) is 0 Å². The number of hydrogen-bond acceptors (Lipinski definition) is 7. The number of ether oxygens (including phenoxy) is 2. The molecule has 2 atom stereocenters. The lowest BCUT2D eigenvalue weighted by atomic mass is 10.2. The van der Waals surface area contributed by atoms with E-state index in [1.165, 1.54) is 0 Å². The molecule has 2 N–H and O–H groups in total. The van der Waals surface area contributed by atoms with E-state index in [2.05, 4.69) is 0 Å². The molecular weight excluding hydrogens is 296 g/mol. The van der Waals surface area contributed by atoms with Gasteiger partial charge in [-0.15, -0.1) is 0 Å². The highest BCUT2D eigenvalue weighted by molar-refractivity contribution is 6.60. The largest absolute Gasteiger partial charge is 0.501 e. The molecule has 0 amide bonds. The van der Waals surface area contributed by atoms with Gasteiger partial charge in [0.25, 0.3) is 0 Å². The summed E-state index contributed by atoms with van der Waals surface area (Å²) in [4.78, 5) is 0. The van der Waals surface area contributed by atoms with Gasteiger partial charge in [0.1, 0.15) is 6.10 Å². The molecule has 1 rings (SSSR count). The van der Waals surface area contributed by atoms with Crippen LogP contribution in [-0.4, -0.2) is 78.0 Å². The first kappa shape index (κ1) is 19.0. The molecule has 8 heteroatoms. The van der Waals surface area contributed by atoms with Crippen molar-refractivity contribution in [3.63, 3.8) is 0 Å². The fourth-order valence-electron chi connectivity index (χ4n) is 1.97. The fourth-order valence-corrected chi connectivity index (χ4v) is 4.79. The zero-order valence-electron chi connectivity index (χ0n) is 13.0. The summed E-state index contributed by atoms with van der Waals surface area (Å²) in [5, 5.41) is 17.9. The minimum Gasteiger partial charge on any atom is -0.394 e. The van der Waals surface area contributed by atoms with Gasteiger partial charge in [0, 0.05) is 19.3 Å². The number of rotatable bonds is 14. The molecule has 7 nitrogen and oxygen atoms in total. The van der Waals surface area contributed by atoms with E-state index in [-0.39, 0.29) is 38.4 Å². The molecule has 0 aliphatic carbocycles. The average molecular weight is 324 g/mol. The molecule has 0 aromatic rings. The van der Waals surface area contributed by atoms with Crippen molar-refractivity contribution < 1.29 is 33.0 Å². The van der Waals surface area contributed by atoms with E-state index in [1.54, 1.807) is 0 Å². The zero-order chi connectivity index (χ0) is 15.6. The van der Waals surface area contributed by atoms with Gasteiger partial charge in [-0.2, -0.15) is 0 Å². The second-order valence-electron chi connectivity index (χ2n) is 5.06. The summed E-state index contributed by atoms with van der Waals surface area (Å²) < 4.78 is 27.8. The molecule has 2 unspecified atom stereocenters. The van der Waals surface area contributed by atoms with Crippen molar-refractivity contribution in [2.75, 3.05) is 52.9 Å². The lowest BCUT2D eigenvalue weighted by Gasteiger charge is -2.31. The second kappa shape index (κ2) is 10.6. The molecule has 0 radical (unpaired) electrons. The molecule has 0 spiro atoms. The van der Waals surface area contributed by atoms with Crippen molar-refractivity contribution in [1.29, 1.82) is 0 Å². The Labute approximate surface area is 127 Å². The Morgan fingerprint density at radius 2 is 1.81 bits per heavy atom. The van der Waals surface area contributed by atoms with Crippen LogP contribution >= 0.6 is 0 Å². The van der Waals surface area contributed by atoms with E-state index in [0.29, 0.717) is 25.9 Å². The summed E-state index contributed by atoms with van der Waals surface area (Å²) in [6.07, 6.45) is 0.252. The number of hydrogen-bond donors (Lipinski definition) is 2. The Morgan fingerprint density at radius 1 is 1.19 bits per heavy atom. The molecule has 0 bridgehead atoms. The van der Waals surface area contributed by atoms with Crippen LogP contribution in [0.1, 0.15) is 13.8 Å². The van der Waals surface area contributed by atoms with Gasteiger partial charge in [0.15, 0.2) is 0 Å². The number of aliphatic hydroxyl groups is 2. The summed E-state index contributed by atoms with van der Waals surface area (Å²) in [6, 6.07) is 0.590. The first-order chi connectivity index (χ1) is 10.2. The van der Waals surface area contributed by atoms with Crippen LogP contribution in [0.25, 0.3) is 0 Å². The van der Waals surface area contributed by atoms with Crippen LogP contribution in [0.15, 0.2) is 0 Å². The van der Waals surface area contributed by atoms with E-state index in [1.807, 2.05) is 13.8 Å². The Bertz CT molecular complexity index is 255. The van der Waals surface area contributed by atoms with Gasteiger partial charge < -0.3 is 33.0 Å². The van der Waals surface area contributed by atoms with E-state index in [9.17, 15) is 0 Å². The molecule has 1 fully saturated rings. The van der Waals surface area contributed by atoms with Gasteiger partial charge in [0.05, 0.1) is 39.6 Å². The van der Waals surface area contributed by atoms with Gasteiger partial charge >= 0.3 is 8.80 Å². The molecule has 0 aromatic heterocycles. The summed E-state index contributed by atoms with van der Waals surface area (Å²) in [7, 11) is -2.89. The van der Waals surface area contributed by atoms with Crippen molar-refractivity contribution in [2.24, 2.45) is 5.92 Å². The molecule has 0 saturated carbocycles. The third-order valence-corrected chi connectivity index (χ3v) is 6.11. The molecule has 21 heavy (non-hydrogen) atoms. The lowest BCUT2D eigenvalue weighted by molar-refractivity contribution is 0.0302. The fraction of sp³-hybridized carbons (Fsp3) is 1.00. The summed E-state index contributed by atoms with van der Waals surface area (Å²) in [5.74, 6) is 0.194. The number of epoxide rings is 1. The normalized spacial score (nSPS) is 19.7. The summed E-state index contributed by atoms with van der Waals surface area (Å²) in [6.45, 7) is 6.51. The van der Waals surface area contributed by atoms with Crippen molar-refractivity contribution in [2.45, 2.75) is 26.0 Å². The first-order valence-electron chi connectivity index (χ1n) is 7.48. The van der Waals surface area contributed by atoms with Crippen LogP contribution in [0, 0.1) is 5.92 Å². The highest BCUT2D eigenvalue weighted by atomic mass is 28.4. The van der Waals surface area contributed by atoms with Crippen molar-refractivity contribution in [3.05, 3.63) is 0 Å². The van der Waals surface area contributed by atoms with E-state index in [4.69, 9.17) is 33.0 Å². The third kappa shape index (κ3) is 8.22. The molecular formula is C13H28O7Si. The van der Waals surface area contributed by atoms with E-state index < -0.39 is 8.80 Å². The SMILES string of the molecule is CCO[Si](CC(C)COCC1CO1)(OCCO)OCCO. The van der Waals surface area contributed by atoms with E-state index in [0.717, 1.165) is 6.61 Å². The van der Waals surface area contributed by atoms with Crippen LogP contribution < -0.4 is 0 Å². The molecule has 126 valence electrons. The predicted molar refractivity (Wildman–Crippen MR) is 78.0 cm³/mol. The Kier molecular flexibility index (Phi) is 9.61.